The van der Waals surface area contributed by atoms with Gasteiger partial charge in [0.1, 0.15) is 0 Å². The van der Waals surface area contributed by atoms with Gasteiger partial charge in [-0.05, 0) is 55.8 Å². The van der Waals surface area contributed by atoms with Crippen LogP contribution in [-0.2, 0) is 16.1 Å². The molecule has 1 aliphatic heterocycles. The molecule has 4 aromatic rings. The molecule has 5 heteroatoms. The fourth-order valence-corrected chi connectivity index (χ4v) is 4.14. The first-order valence-corrected chi connectivity index (χ1v) is 10.6. The molecule has 0 radical (unpaired) electrons. The second-order valence-electron chi connectivity index (χ2n) is 7.43. The van der Waals surface area contributed by atoms with Crippen LogP contribution in [-0.4, -0.2) is 27.9 Å². The Kier molecular flexibility index (Phi) is 4.79. The van der Waals surface area contributed by atoms with Gasteiger partial charge in [-0.3, -0.25) is 9.69 Å². The highest BCUT2D eigenvalue weighted by atomic mass is 16.5. The molecule has 2 heterocycles. The van der Waals surface area contributed by atoms with Crippen LogP contribution < -0.4 is 0 Å². The average molecular weight is 409 g/mol. The molecule has 0 spiro atoms. The topological polar surface area (TPSA) is 46.8 Å². The standard InChI is InChI=1S/C26H23N3O2/c1-3-28-22-13-9-8-12-20(22)21-16-18(14-15-23(21)28)17-24-25(30)29(4-2)26(31-24)27-19-10-6-5-7-11-19/h5-17H,3-4H2,1-2H3. The van der Waals surface area contributed by atoms with Gasteiger partial charge in [0.05, 0.1) is 5.69 Å². The molecule has 0 unspecified atom stereocenters. The molecule has 1 amide bonds. The van der Waals surface area contributed by atoms with Gasteiger partial charge in [-0.2, -0.15) is 4.99 Å². The van der Waals surface area contributed by atoms with Gasteiger partial charge >= 0.3 is 6.02 Å². The van der Waals surface area contributed by atoms with Crippen molar-refractivity contribution in [1.29, 1.82) is 0 Å². The molecule has 5 nitrogen and oxygen atoms in total. The zero-order chi connectivity index (χ0) is 21.4. The van der Waals surface area contributed by atoms with E-state index in [2.05, 4.69) is 52.9 Å². The van der Waals surface area contributed by atoms with Crippen molar-refractivity contribution in [3.8, 4) is 0 Å². The van der Waals surface area contributed by atoms with Crippen LogP contribution >= 0.6 is 0 Å². The lowest BCUT2D eigenvalue weighted by atomic mass is 10.1. The number of amides is 1. The van der Waals surface area contributed by atoms with E-state index in [4.69, 9.17) is 4.74 Å². The average Bonchev–Trinajstić information content (AvgIpc) is 3.28. The molecule has 0 bridgehead atoms. The van der Waals surface area contributed by atoms with Crippen LogP contribution in [0.1, 0.15) is 19.4 Å². The number of rotatable bonds is 4. The molecule has 1 aliphatic rings. The van der Waals surface area contributed by atoms with Crippen molar-refractivity contribution in [1.82, 2.24) is 9.47 Å². The monoisotopic (exact) mass is 409 g/mol. The summed E-state index contributed by atoms with van der Waals surface area (Å²) in [7, 11) is 0. The summed E-state index contributed by atoms with van der Waals surface area (Å²) in [5.41, 5.74) is 4.07. The van der Waals surface area contributed by atoms with Crippen LogP contribution in [0.3, 0.4) is 0 Å². The number of carbonyl (C=O) groups excluding carboxylic acids is 1. The number of fused-ring (bicyclic) bond motifs is 3. The summed E-state index contributed by atoms with van der Waals surface area (Å²) in [6.07, 6.45) is 1.80. The molecule has 0 atom stereocenters. The largest absolute Gasteiger partial charge is 0.419 e. The molecular weight excluding hydrogens is 386 g/mol. The van der Waals surface area contributed by atoms with Gasteiger partial charge in [0, 0.05) is 34.9 Å². The summed E-state index contributed by atoms with van der Waals surface area (Å²) in [5.74, 6) is 0.114. The van der Waals surface area contributed by atoms with E-state index in [1.54, 1.807) is 11.0 Å². The van der Waals surface area contributed by atoms with Crippen molar-refractivity contribution in [2.45, 2.75) is 20.4 Å². The minimum atomic E-state index is -0.173. The highest BCUT2D eigenvalue weighted by Gasteiger charge is 2.33. The first-order valence-electron chi connectivity index (χ1n) is 10.6. The zero-order valence-electron chi connectivity index (χ0n) is 17.6. The van der Waals surface area contributed by atoms with Gasteiger partial charge in [-0.1, -0.05) is 42.5 Å². The summed E-state index contributed by atoms with van der Waals surface area (Å²) in [6, 6.07) is 24.5. The molecule has 5 rings (SSSR count). The number of amidine groups is 1. The Morgan fingerprint density at radius 1 is 0.871 bits per heavy atom. The molecule has 31 heavy (non-hydrogen) atoms. The lowest BCUT2D eigenvalue weighted by Crippen LogP contribution is -2.29. The number of para-hydroxylation sites is 2. The van der Waals surface area contributed by atoms with Crippen LogP contribution in [0.15, 0.2) is 83.5 Å². The minimum Gasteiger partial charge on any atom is -0.419 e. The number of aromatic nitrogens is 1. The number of aliphatic imine (C=N–C) groups is 1. The molecule has 154 valence electrons. The highest BCUT2D eigenvalue weighted by Crippen LogP contribution is 2.31. The lowest BCUT2D eigenvalue weighted by Gasteiger charge is -2.09. The van der Waals surface area contributed by atoms with Crippen LogP contribution in [0.2, 0.25) is 0 Å². The summed E-state index contributed by atoms with van der Waals surface area (Å²) < 4.78 is 8.20. The number of benzene rings is 3. The molecule has 1 saturated heterocycles. The van der Waals surface area contributed by atoms with Crippen molar-refractivity contribution >= 4 is 45.5 Å². The number of carbonyl (C=O) groups is 1. The number of likely N-dealkylation sites (N-methyl/N-ethyl adjacent to an activating group) is 1. The normalized spacial score (nSPS) is 16.7. The van der Waals surface area contributed by atoms with Crippen LogP contribution in [0, 0.1) is 0 Å². The molecule has 1 aromatic heterocycles. The summed E-state index contributed by atoms with van der Waals surface area (Å²) in [4.78, 5) is 19.0. The van der Waals surface area contributed by atoms with E-state index in [-0.39, 0.29) is 11.7 Å². The predicted octanol–water partition coefficient (Wildman–Crippen LogP) is 5.72. The van der Waals surface area contributed by atoms with Gasteiger partial charge in [0.2, 0.25) is 0 Å². The fourth-order valence-electron chi connectivity index (χ4n) is 4.14. The maximum Gasteiger partial charge on any atom is 0.305 e. The molecule has 0 saturated carbocycles. The van der Waals surface area contributed by atoms with E-state index in [0.717, 1.165) is 17.8 Å². The summed E-state index contributed by atoms with van der Waals surface area (Å²) in [5, 5.41) is 2.38. The maximum absolute atomic E-state index is 12.9. The Labute approximate surface area is 180 Å². The quantitative estimate of drug-likeness (QED) is 0.405. The lowest BCUT2D eigenvalue weighted by molar-refractivity contribution is -0.122. The van der Waals surface area contributed by atoms with Crippen molar-refractivity contribution < 1.29 is 9.53 Å². The molecule has 0 N–H and O–H groups in total. The third kappa shape index (κ3) is 3.28. The Morgan fingerprint density at radius 3 is 2.39 bits per heavy atom. The van der Waals surface area contributed by atoms with Gasteiger partial charge in [-0.25, -0.2) is 0 Å². The summed E-state index contributed by atoms with van der Waals surface area (Å²) in [6.45, 7) is 5.46. The number of ether oxygens (including phenoxy) is 1. The van der Waals surface area contributed by atoms with Gasteiger partial charge in [0.15, 0.2) is 5.76 Å². The Morgan fingerprint density at radius 2 is 1.61 bits per heavy atom. The van der Waals surface area contributed by atoms with E-state index in [1.165, 1.54) is 21.8 Å². The molecule has 3 aromatic carbocycles. The van der Waals surface area contributed by atoms with E-state index in [1.807, 2.05) is 43.3 Å². The summed E-state index contributed by atoms with van der Waals surface area (Å²) >= 11 is 0. The van der Waals surface area contributed by atoms with E-state index in [9.17, 15) is 4.79 Å². The van der Waals surface area contributed by atoms with Crippen molar-refractivity contribution in [3.63, 3.8) is 0 Å². The van der Waals surface area contributed by atoms with Crippen molar-refractivity contribution in [3.05, 3.63) is 84.1 Å². The zero-order valence-corrected chi connectivity index (χ0v) is 17.6. The predicted molar refractivity (Wildman–Crippen MR) is 125 cm³/mol. The van der Waals surface area contributed by atoms with Gasteiger partial charge in [0.25, 0.3) is 5.91 Å². The van der Waals surface area contributed by atoms with Crippen molar-refractivity contribution in [2.24, 2.45) is 4.99 Å². The Balaban J connectivity index is 1.56. The Hall–Kier alpha value is -3.86. The third-order valence-electron chi connectivity index (χ3n) is 5.60. The van der Waals surface area contributed by atoms with Crippen LogP contribution in [0.25, 0.3) is 27.9 Å². The SMILES string of the molecule is CCN1C(=O)C(=Cc2ccc3c(c2)c2ccccc2n3CC)OC1=Nc1ccccc1. The molecule has 1 fully saturated rings. The van der Waals surface area contributed by atoms with Gasteiger partial charge < -0.3 is 9.30 Å². The minimum absolute atomic E-state index is 0.173. The van der Waals surface area contributed by atoms with E-state index >= 15 is 0 Å². The highest BCUT2D eigenvalue weighted by molar-refractivity contribution is 6.12. The van der Waals surface area contributed by atoms with Crippen LogP contribution in [0.4, 0.5) is 5.69 Å². The maximum atomic E-state index is 12.9. The van der Waals surface area contributed by atoms with Gasteiger partial charge in [-0.15, -0.1) is 0 Å². The first kappa shape index (κ1) is 19.1. The molecule has 0 aliphatic carbocycles. The second-order valence-corrected chi connectivity index (χ2v) is 7.43. The van der Waals surface area contributed by atoms with Crippen molar-refractivity contribution in [2.75, 3.05) is 6.54 Å². The number of hydrogen-bond acceptors (Lipinski definition) is 3. The number of aryl methyl sites for hydroxylation is 1. The third-order valence-corrected chi connectivity index (χ3v) is 5.60. The fraction of sp³-hybridized carbons (Fsp3) is 0.154. The van der Waals surface area contributed by atoms with Crippen LogP contribution in [0.5, 0.6) is 0 Å². The smallest absolute Gasteiger partial charge is 0.305 e. The number of nitrogens with zero attached hydrogens (tertiary/aromatic N) is 3. The molecular formula is C26H23N3O2. The van der Waals surface area contributed by atoms with E-state index < -0.39 is 0 Å². The first-order chi connectivity index (χ1) is 15.2. The second kappa shape index (κ2) is 7.76. The van der Waals surface area contributed by atoms with E-state index in [0.29, 0.717) is 12.6 Å². The number of hydrogen-bond donors (Lipinski definition) is 0. The Bertz CT molecular complexity index is 1350.